The summed E-state index contributed by atoms with van der Waals surface area (Å²) in [4.78, 5) is 4.60. The minimum atomic E-state index is 0.329. The average Bonchev–Trinajstić information content (AvgIpc) is 2.85. The molecule has 1 aromatic rings. The van der Waals surface area contributed by atoms with Crippen LogP contribution in [0.25, 0.3) is 0 Å². The van der Waals surface area contributed by atoms with Gasteiger partial charge in [0.1, 0.15) is 0 Å². The topological polar surface area (TPSA) is 64.9 Å². The summed E-state index contributed by atoms with van der Waals surface area (Å²) in [7, 11) is 0. The van der Waals surface area contributed by atoms with Crippen molar-refractivity contribution in [3.05, 3.63) is 11.7 Å². The zero-order valence-corrected chi connectivity index (χ0v) is 11.6. The molecule has 2 rings (SSSR count). The van der Waals surface area contributed by atoms with Crippen LogP contribution in [0.3, 0.4) is 0 Å². The molecule has 18 heavy (non-hydrogen) atoms. The van der Waals surface area contributed by atoms with Crippen LogP contribution in [-0.4, -0.2) is 16.7 Å². The van der Waals surface area contributed by atoms with E-state index in [2.05, 4.69) is 24.0 Å². The molecule has 3 atom stereocenters. The molecule has 0 aliphatic heterocycles. The van der Waals surface area contributed by atoms with E-state index >= 15 is 0 Å². The minimum Gasteiger partial charge on any atom is -0.339 e. The second kappa shape index (κ2) is 6.32. The van der Waals surface area contributed by atoms with Crippen LogP contribution in [0.1, 0.15) is 75.9 Å². The Labute approximate surface area is 109 Å². The molecule has 1 aromatic heterocycles. The van der Waals surface area contributed by atoms with Gasteiger partial charge in [0.25, 0.3) is 0 Å². The standard InChI is InChI=1S/C14H25N3O/c1-10-5-3-7-12(9-10)13-16-14(18-17-13)11(2)6-4-8-15/h10-12H,3-9,15H2,1-2H3. The quantitative estimate of drug-likeness (QED) is 0.872. The van der Waals surface area contributed by atoms with Gasteiger partial charge in [-0.15, -0.1) is 0 Å². The van der Waals surface area contributed by atoms with E-state index in [-0.39, 0.29) is 0 Å². The van der Waals surface area contributed by atoms with E-state index in [1.165, 1.54) is 25.7 Å². The first-order chi connectivity index (χ1) is 8.70. The molecular weight excluding hydrogens is 226 g/mol. The minimum absolute atomic E-state index is 0.329. The summed E-state index contributed by atoms with van der Waals surface area (Å²) in [5, 5.41) is 4.19. The van der Waals surface area contributed by atoms with Crippen molar-refractivity contribution in [1.29, 1.82) is 0 Å². The first-order valence-electron chi connectivity index (χ1n) is 7.24. The molecular formula is C14H25N3O. The predicted molar refractivity (Wildman–Crippen MR) is 71.4 cm³/mol. The third kappa shape index (κ3) is 3.31. The van der Waals surface area contributed by atoms with E-state index in [1.807, 2.05) is 0 Å². The van der Waals surface area contributed by atoms with Gasteiger partial charge in [-0.05, 0) is 38.1 Å². The Bertz CT molecular complexity index is 364. The normalized spacial score (nSPS) is 26.2. The summed E-state index contributed by atoms with van der Waals surface area (Å²) < 4.78 is 5.41. The SMILES string of the molecule is CC1CCCC(c2noc(C(C)CCCN)n2)C1. The summed E-state index contributed by atoms with van der Waals surface area (Å²) in [5.74, 6) is 3.34. The van der Waals surface area contributed by atoms with Gasteiger partial charge in [0, 0.05) is 11.8 Å². The highest BCUT2D eigenvalue weighted by Gasteiger charge is 2.25. The number of rotatable bonds is 5. The molecule has 0 saturated heterocycles. The predicted octanol–water partition coefficient (Wildman–Crippen LogP) is 3.21. The first-order valence-corrected chi connectivity index (χ1v) is 7.24. The molecule has 0 amide bonds. The van der Waals surface area contributed by atoms with Crippen LogP contribution in [0.15, 0.2) is 4.52 Å². The summed E-state index contributed by atoms with van der Waals surface area (Å²) in [6.07, 6.45) is 7.09. The molecule has 0 radical (unpaired) electrons. The number of aromatic nitrogens is 2. The first kappa shape index (κ1) is 13.5. The molecule has 1 saturated carbocycles. The fraction of sp³-hybridized carbons (Fsp3) is 0.857. The number of hydrogen-bond donors (Lipinski definition) is 1. The molecule has 1 aliphatic rings. The van der Waals surface area contributed by atoms with Crippen LogP contribution in [0.2, 0.25) is 0 Å². The van der Waals surface area contributed by atoms with Crippen LogP contribution >= 0.6 is 0 Å². The van der Waals surface area contributed by atoms with E-state index in [9.17, 15) is 0 Å². The third-order valence-corrected chi connectivity index (χ3v) is 4.02. The molecule has 4 nitrogen and oxygen atoms in total. The number of hydrogen-bond acceptors (Lipinski definition) is 4. The van der Waals surface area contributed by atoms with Gasteiger partial charge >= 0.3 is 0 Å². The molecule has 1 heterocycles. The zero-order valence-electron chi connectivity index (χ0n) is 11.6. The monoisotopic (exact) mass is 251 g/mol. The third-order valence-electron chi connectivity index (χ3n) is 4.02. The second-order valence-electron chi connectivity index (χ2n) is 5.79. The maximum absolute atomic E-state index is 5.53. The van der Waals surface area contributed by atoms with E-state index in [0.717, 1.165) is 37.0 Å². The fourth-order valence-corrected chi connectivity index (χ4v) is 2.83. The Morgan fingerprint density at radius 2 is 2.28 bits per heavy atom. The van der Waals surface area contributed by atoms with Crippen molar-refractivity contribution >= 4 is 0 Å². The van der Waals surface area contributed by atoms with Crippen molar-refractivity contribution in [2.24, 2.45) is 11.7 Å². The lowest BCUT2D eigenvalue weighted by molar-refractivity contribution is 0.315. The Kier molecular flexibility index (Phi) is 4.75. The van der Waals surface area contributed by atoms with E-state index < -0.39 is 0 Å². The van der Waals surface area contributed by atoms with E-state index in [1.54, 1.807) is 0 Å². The van der Waals surface area contributed by atoms with Gasteiger partial charge in [0.2, 0.25) is 5.89 Å². The van der Waals surface area contributed by atoms with Crippen molar-refractivity contribution in [3.63, 3.8) is 0 Å². The Morgan fingerprint density at radius 1 is 1.44 bits per heavy atom. The lowest BCUT2D eigenvalue weighted by Crippen LogP contribution is -2.13. The number of nitrogens with two attached hydrogens (primary N) is 1. The van der Waals surface area contributed by atoms with Crippen molar-refractivity contribution in [1.82, 2.24) is 10.1 Å². The second-order valence-corrected chi connectivity index (χ2v) is 5.79. The Balaban J connectivity index is 1.96. The van der Waals surface area contributed by atoms with Gasteiger partial charge in [-0.2, -0.15) is 4.98 Å². The highest BCUT2D eigenvalue weighted by atomic mass is 16.5. The van der Waals surface area contributed by atoms with Crippen molar-refractivity contribution in [2.75, 3.05) is 6.54 Å². The summed E-state index contributed by atoms with van der Waals surface area (Å²) in [6.45, 7) is 5.18. The lowest BCUT2D eigenvalue weighted by Gasteiger charge is -2.23. The van der Waals surface area contributed by atoms with E-state index in [4.69, 9.17) is 10.3 Å². The molecule has 0 bridgehead atoms. The maximum atomic E-state index is 5.53. The molecule has 3 unspecified atom stereocenters. The Hall–Kier alpha value is -0.900. The molecule has 102 valence electrons. The van der Waals surface area contributed by atoms with Gasteiger partial charge < -0.3 is 10.3 Å². The van der Waals surface area contributed by atoms with Gasteiger partial charge in [0.05, 0.1) is 0 Å². The molecule has 4 heteroatoms. The lowest BCUT2D eigenvalue weighted by atomic mass is 9.82. The molecule has 2 N–H and O–H groups in total. The van der Waals surface area contributed by atoms with Crippen LogP contribution in [0, 0.1) is 5.92 Å². The summed E-state index contributed by atoms with van der Waals surface area (Å²) in [6, 6.07) is 0. The van der Waals surface area contributed by atoms with Crippen molar-refractivity contribution < 1.29 is 4.52 Å². The molecule has 0 aromatic carbocycles. The molecule has 1 aliphatic carbocycles. The summed E-state index contributed by atoms with van der Waals surface area (Å²) in [5.41, 5.74) is 5.53. The largest absolute Gasteiger partial charge is 0.339 e. The highest BCUT2D eigenvalue weighted by molar-refractivity contribution is 5.00. The van der Waals surface area contributed by atoms with Gasteiger partial charge in [-0.25, -0.2) is 0 Å². The highest BCUT2D eigenvalue weighted by Crippen LogP contribution is 2.35. The number of nitrogens with zero attached hydrogens (tertiary/aromatic N) is 2. The van der Waals surface area contributed by atoms with Crippen LogP contribution in [0.5, 0.6) is 0 Å². The van der Waals surface area contributed by atoms with E-state index in [0.29, 0.717) is 11.8 Å². The molecule has 1 fully saturated rings. The fourth-order valence-electron chi connectivity index (χ4n) is 2.83. The summed E-state index contributed by atoms with van der Waals surface area (Å²) >= 11 is 0. The van der Waals surface area contributed by atoms with Gasteiger partial charge in [0.15, 0.2) is 5.82 Å². The van der Waals surface area contributed by atoms with Crippen LogP contribution in [0.4, 0.5) is 0 Å². The smallest absolute Gasteiger partial charge is 0.229 e. The van der Waals surface area contributed by atoms with Gasteiger partial charge in [-0.3, -0.25) is 0 Å². The maximum Gasteiger partial charge on any atom is 0.229 e. The average molecular weight is 251 g/mol. The van der Waals surface area contributed by atoms with Crippen LogP contribution < -0.4 is 5.73 Å². The van der Waals surface area contributed by atoms with Crippen molar-refractivity contribution in [2.45, 2.75) is 64.2 Å². The molecule has 0 spiro atoms. The van der Waals surface area contributed by atoms with Gasteiger partial charge in [-0.1, -0.05) is 31.8 Å². The zero-order chi connectivity index (χ0) is 13.0. The van der Waals surface area contributed by atoms with Crippen molar-refractivity contribution in [3.8, 4) is 0 Å². The Morgan fingerprint density at radius 3 is 3.00 bits per heavy atom. The van der Waals surface area contributed by atoms with Crippen LogP contribution in [-0.2, 0) is 0 Å².